The standard InChI is InChI=1S/C20H14F6N2O/c1-12-3-2-4-16(9-12)29-11-14-10-27-18(28-17(14)20(24,25)26)13-5-7-15(8-6-13)19(21,22)23/h2-10H,11H2,1H3. The van der Waals surface area contributed by atoms with E-state index in [1.54, 1.807) is 18.2 Å². The Balaban J connectivity index is 1.90. The molecule has 0 aliphatic carbocycles. The van der Waals surface area contributed by atoms with Gasteiger partial charge in [-0.15, -0.1) is 0 Å². The van der Waals surface area contributed by atoms with Gasteiger partial charge in [0, 0.05) is 17.3 Å². The molecule has 0 saturated carbocycles. The molecule has 0 aliphatic rings. The summed E-state index contributed by atoms with van der Waals surface area (Å²) in [6, 6.07) is 10.4. The maximum Gasteiger partial charge on any atom is 0.433 e. The summed E-state index contributed by atoms with van der Waals surface area (Å²) in [5, 5.41) is 0. The molecular weight excluding hydrogens is 398 g/mol. The van der Waals surface area contributed by atoms with Gasteiger partial charge in [0.05, 0.1) is 5.56 Å². The van der Waals surface area contributed by atoms with Crippen molar-refractivity contribution in [2.24, 2.45) is 0 Å². The van der Waals surface area contributed by atoms with Crippen LogP contribution in [0.25, 0.3) is 11.4 Å². The van der Waals surface area contributed by atoms with Gasteiger partial charge in [-0.1, -0.05) is 24.3 Å². The van der Waals surface area contributed by atoms with Gasteiger partial charge in [-0.3, -0.25) is 0 Å². The first kappa shape index (κ1) is 20.6. The summed E-state index contributed by atoms with van der Waals surface area (Å²) in [6.45, 7) is 1.40. The van der Waals surface area contributed by atoms with Gasteiger partial charge in [-0.25, -0.2) is 9.97 Å². The fraction of sp³-hybridized carbons (Fsp3) is 0.200. The van der Waals surface area contributed by atoms with Crippen LogP contribution in [-0.2, 0) is 19.0 Å². The fourth-order valence-electron chi connectivity index (χ4n) is 2.57. The van der Waals surface area contributed by atoms with Gasteiger partial charge in [0.2, 0.25) is 0 Å². The maximum absolute atomic E-state index is 13.5. The number of aromatic nitrogens is 2. The van der Waals surface area contributed by atoms with Crippen molar-refractivity contribution in [3.05, 3.63) is 77.1 Å². The Morgan fingerprint density at radius 1 is 0.897 bits per heavy atom. The lowest BCUT2D eigenvalue weighted by Gasteiger charge is -2.14. The molecule has 29 heavy (non-hydrogen) atoms. The van der Waals surface area contributed by atoms with Gasteiger partial charge < -0.3 is 4.74 Å². The second-order valence-electron chi connectivity index (χ2n) is 6.25. The summed E-state index contributed by atoms with van der Waals surface area (Å²) < 4.78 is 83.7. The van der Waals surface area contributed by atoms with Gasteiger partial charge in [-0.2, -0.15) is 26.3 Å². The molecule has 1 aromatic heterocycles. The molecule has 0 radical (unpaired) electrons. The summed E-state index contributed by atoms with van der Waals surface area (Å²) in [5.41, 5.74) is -1.48. The van der Waals surface area contributed by atoms with E-state index in [1.807, 2.05) is 13.0 Å². The molecule has 0 spiro atoms. The van der Waals surface area contributed by atoms with Crippen LogP contribution in [0.3, 0.4) is 0 Å². The summed E-state index contributed by atoms with van der Waals surface area (Å²) in [7, 11) is 0. The van der Waals surface area contributed by atoms with Crippen LogP contribution in [-0.4, -0.2) is 9.97 Å². The zero-order valence-corrected chi connectivity index (χ0v) is 15.0. The lowest BCUT2D eigenvalue weighted by atomic mass is 10.1. The Labute approximate surface area is 162 Å². The van der Waals surface area contributed by atoms with Crippen LogP contribution in [0.2, 0.25) is 0 Å². The van der Waals surface area contributed by atoms with Crippen LogP contribution in [0.1, 0.15) is 22.4 Å². The Hall–Kier alpha value is -3.10. The van der Waals surface area contributed by atoms with Gasteiger partial charge in [-0.05, 0) is 36.8 Å². The van der Waals surface area contributed by atoms with E-state index in [4.69, 9.17) is 4.74 Å². The second-order valence-corrected chi connectivity index (χ2v) is 6.25. The highest BCUT2D eigenvalue weighted by Gasteiger charge is 2.36. The molecule has 0 atom stereocenters. The van der Waals surface area contributed by atoms with Crippen molar-refractivity contribution in [3.8, 4) is 17.1 Å². The van der Waals surface area contributed by atoms with E-state index in [2.05, 4.69) is 9.97 Å². The quantitative estimate of drug-likeness (QED) is 0.488. The third kappa shape index (κ3) is 5.04. The Morgan fingerprint density at radius 2 is 1.59 bits per heavy atom. The third-order valence-electron chi connectivity index (χ3n) is 3.99. The van der Waals surface area contributed by atoms with Gasteiger partial charge in [0.15, 0.2) is 11.5 Å². The molecule has 0 aliphatic heterocycles. The summed E-state index contributed by atoms with van der Waals surface area (Å²) in [5.74, 6) is 0.0651. The van der Waals surface area contributed by atoms with E-state index >= 15 is 0 Å². The van der Waals surface area contributed by atoms with E-state index in [-0.39, 0.29) is 17.0 Å². The Kier molecular flexibility index (Phi) is 5.50. The highest BCUT2D eigenvalue weighted by molar-refractivity contribution is 5.56. The van der Waals surface area contributed by atoms with Crippen molar-refractivity contribution >= 4 is 0 Å². The van der Waals surface area contributed by atoms with E-state index in [9.17, 15) is 26.3 Å². The number of alkyl halides is 6. The summed E-state index contributed by atoms with van der Waals surface area (Å²) >= 11 is 0. The molecule has 9 heteroatoms. The minimum absolute atomic E-state index is 0.0367. The zero-order valence-electron chi connectivity index (χ0n) is 15.0. The molecular formula is C20H14F6N2O. The van der Waals surface area contributed by atoms with Crippen molar-refractivity contribution in [1.82, 2.24) is 9.97 Å². The highest BCUT2D eigenvalue weighted by Crippen LogP contribution is 2.33. The van der Waals surface area contributed by atoms with Crippen LogP contribution in [0.5, 0.6) is 5.75 Å². The normalized spacial score (nSPS) is 12.1. The minimum atomic E-state index is -4.78. The van der Waals surface area contributed by atoms with Crippen molar-refractivity contribution in [2.75, 3.05) is 0 Å². The number of rotatable bonds is 4. The smallest absolute Gasteiger partial charge is 0.433 e. The Morgan fingerprint density at radius 3 is 2.17 bits per heavy atom. The number of aryl methyl sites for hydroxylation is 1. The average molecular weight is 412 g/mol. The number of hydrogen-bond donors (Lipinski definition) is 0. The third-order valence-corrected chi connectivity index (χ3v) is 3.99. The van der Waals surface area contributed by atoms with Crippen LogP contribution >= 0.6 is 0 Å². The van der Waals surface area contributed by atoms with Crippen molar-refractivity contribution in [3.63, 3.8) is 0 Å². The monoisotopic (exact) mass is 412 g/mol. The molecule has 0 unspecified atom stereocenters. The molecule has 0 N–H and O–H groups in total. The molecule has 0 saturated heterocycles. The summed E-state index contributed by atoms with van der Waals surface area (Å²) in [6.07, 6.45) is -8.36. The highest BCUT2D eigenvalue weighted by atomic mass is 19.4. The number of ether oxygens (including phenoxy) is 1. The van der Waals surface area contributed by atoms with E-state index < -0.39 is 30.2 Å². The first-order valence-electron chi connectivity index (χ1n) is 8.34. The molecule has 0 bridgehead atoms. The molecule has 2 aromatic carbocycles. The van der Waals surface area contributed by atoms with Gasteiger partial charge >= 0.3 is 12.4 Å². The lowest BCUT2D eigenvalue weighted by Crippen LogP contribution is -2.15. The van der Waals surface area contributed by atoms with Crippen molar-refractivity contribution in [1.29, 1.82) is 0 Å². The zero-order chi connectivity index (χ0) is 21.2. The largest absolute Gasteiger partial charge is 0.489 e. The molecule has 0 fully saturated rings. The molecule has 0 amide bonds. The average Bonchev–Trinajstić information content (AvgIpc) is 2.65. The topological polar surface area (TPSA) is 35.0 Å². The first-order valence-corrected chi connectivity index (χ1v) is 8.34. The minimum Gasteiger partial charge on any atom is -0.489 e. The number of benzene rings is 2. The molecule has 3 rings (SSSR count). The van der Waals surface area contributed by atoms with Crippen molar-refractivity contribution in [2.45, 2.75) is 25.9 Å². The van der Waals surface area contributed by atoms with Crippen LogP contribution < -0.4 is 4.74 Å². The van der Waals surface area contributed by atoms with Crippen LogP contribution in [0.15, 0.2) is 54.7 Å². The van der Waals surface area contributed by atoms with Crippen LogP contribution in [0.4, 0.5) is 26.3 Å². The molecule has 3 aromatic rings. The van der Waals surface area contributed by atoms with Gasteiger partial charge in [0.1, 0.15) is 12.4 Å². The number of nitrogens with zero attached hydrogens (tertiary/aromatic N) is 2. The van der Waals surface area contributed by atoms with E-state index in [1.165, 1.54) is 0 Å². The molecule has 1 heterocycles. The van der Waals surface area contributed by atoms with Crippen LogP contribution in [0, 0.1) is 6.92 Å². The first-order chi connectivity index (χ1) is 13.5. The number of hydrogen-bond acceptors (Lipinski definition) is 3. The summed E-state index contributed by atoms with van der Waals surface area (Å²) in [4.78, 5) is 7.41. The second kappa shape index (κ2) is 7.73. The van der Waals surface area contributed by atoms with Gasteiger partial charge in [0.25, 0.3) is 0 Å². The Bertz CT molecular complexity index is 997. The van der Waals surface area contributed by atoms with Crippen molar-refractivity contribution < 1.29 is 31.1 Å². The lowest BCUT2D eigenvalue weighted by molar-refractivity contribution is -0.142. The molecule has 3 nitrogen and oxygen atoms in total. The van der Waals surface area contributed by atoms with E-state index in [0.717, 1.165) is 36.0 Å². The molecule has 152 valence electrons. The van der Waals surface area contributed by atoms with E-state index in [0.29, 0.717) is 5.75 Å². The predicted octanol–water partition coefficient (Wildman–Crippen LogP) is 6.07. The maximum atomic E-state index is 13.5. The predicted molar refractivity (Wildman–Crippen MR) is 93.0 cm³/mol. The fourth-order valence-corrected chi connectivity index (χ4v) is 2.57. The number of halogens is 6. The SMILES string of the molecule is Cc1cccc(OCc2cnc(-c3ccc(C(F)(F)F)cc3)nc2C(F)(F)F)c1.